The Kier molecular flexibility index (Phi) is 4.54. The summed E-state index contributed by atoms with van der Waals surface area (Å²) in [6, 6.07) is 0.598. The van der Waals surface area contributed by atoms with Gasteiger partial charge in [-0.15, -0.1) is 10.2 Å². The van der Waals surface area contributed by atoms with Crippen molar-refractivity contribution >= 4 is 16.5 Å². The highest BCUT2D eigenvalue weighted by Gasteiger charge is 2.13. The van der Waals surface area contributed by atoms with E-state index in [4.69, 9.17) is 5.73 Å². The highest BCUT2D eigenvalue weighted by Crippen LogP contribution is 2.23. The molecule has 90 valence electrons. The fourth-order valence-electron chi connectivity index (χ4n) is 2.13. The van der Waals surface area contributed by atoms with E-state index < -0.39 is 0 Å². The standard InChI is InChI=1S/C11H20N4S/c12-8-7-10-14-15-11(16-10)13-9-5-3-1-2-4-6-9/h9H,1-8,12H2,(H,13,15). The topological polar surface area (TPSA) is 63.8 Å². The molecule has 1 aromatic heterocycles. The Labute approximate surface area is 101 Å². The molecule has 1 aliphatic rings. The molecule has 0 radical (unpaired) electrons. The second-order valence-corrected chi connectivity index (χ2v) is 5.43. The predicted molar refractivity (Wildman–Crippen MR) is 67.8 cm³/mol. The maximum absolute atomic E-state index is 5.49. The lowest BCUT2D eigenvalue weighted by Gasteiger charge is -2.14. The first kappa shape index (κ1) is 11.8. The van der Waals surface area contributed by atoms with E-state index in [1.807, 2.05) is 0 Å². The van der Waals surface area contributed by atoms with Crippen molar-refractivity contribution in [2.75, 3.05) is 11.9 Å². The number of rotatable bonds is 4. The van der Waals surface area contributed by atoms with Gasteiger partial charge in [-0.25, -0.2) is 0 Å². The van der Waals surface area contributed by atoms with Crippen molar-refractivity contribution in [2.45, 2.75) is 51.0 Å². The third-order valence-corrected chi connectivity index (χ3v) is 3.92. The summed E-state index contributed by atoms with van der Waals surface area (Å²) in [5.41, 5.74) is 5.49. The first-order valence-electron chi connectivity index (χ1n) is 6.17. The Morgan fingerprint density at radius 2 is 1.94 bits per heavy atom. The smallest absolute Gasteiger partial charge is 0.205 e. The fourth-order valence-corrected chi connectivity index (χ4v) is 2.97. The number of nitrogens with zero attached hydrogens (tertiary/aromatic N) is 2. The van der Waals surface area contributed by atoms with Gasteiger partial charge in [0.25, 0.3) is 0 Å². The molecule has 1 aromatic rings. The highest BCUT2D eigenvalue weighted by atomic mass is 32.1. The van der Waals surface area contributed by atoms with Crippen molar-refractivity contribution in [3.63, 3.8) is 0 Å². The zero-order valence-corrected chi connectivity index (χ0v) is 10.4. The van der Waals surface area contributed by atoms with E-state index >= 15 is 0 Å². The van der Waals surface area contributed by atoms with E-state index in [-0.39, 0.29) is 0 Å². The third-order valence-electron chi connectivity index (χ3n) is 3.01. The summed E-state index contributed by atoms with van der Waals surface area (Å²) in [4.78, 5) is 0. The van der Waals surface area contributed by atoms with Crippen LogP contribution in [0.4, 0.5) is 5.13 Å². The minimum Gasteiger partial charge on any atom is -0.357 e. The van der Waals surface area contributed by atoms with Crippen LogP contribution in [0.3, 0.4) is 0 Å². The molecule has 5 heteroatoms. The van der Waals surface area contributed by atoms with Gasteiger partial charge in [0, 0.05) is 12.5 Å². The lowest BCUT2D eigenvalue weighted by atomic mass is 10.1. The molecule has 1 saturated carbocycles. The molecule has 0 bridgehead atoms. The van der Waals surface area contributed by atoms with Crippen LogP contribution in [-0.2, 0) is 6.42 Å². The van der Waals surface area contributed by atoms with E-state index in [0.29, 0.717) is 12.6 Å². The van der Waals surface area contributed by atoms with Gasteiger partial charge in [0.1, 0.15) is 5.01 Å². The molecule has 0 saturated heterocycles. The highest BCUT2D eigenvalue weighted by molar-refractivity contribution is 7.15. The zero-order valence-electron chi connectivity index (χ0n) is 9.61. The van der Waals surface area contributed by atoms with Crippen LogP contribution in [0.5, 0.6) is 0 Å². The van der Waals surface area contributed by atoms with Crippen LogP contribution in [0.15, 0.2) is 0 Å². The lowest BCUT2D eigenvalue weighted by molar-refractivity contribution is 0.618. The molecule has 0 amide bonds. The van der Waals surface area contributed by atoms with Crippen LogP contribution in [0.25, 0.3) is 0 Å². The van der Waals surface area contributed by atoms with Crippen LogP contribution in [0, 0.1) is 0 Å². The Morgan fingerprint density at radius 1 is 1.19 bits per heavy atom. The van der Waals surface area contributed by atoms with Crippen LogP contribution < -0.4 is 11.1 Å². The minimum atomic E-state index is 0.598. The van der Waals surface area contributed by atoms with Crippen molar-refractivity contribution in [2.24, 2.45) is 5.73 Å². The van der Waals surface area contributed by atoms with Crippen LogP contribution in [0.2, 0.25) is 0 Å². The van der Waals surface area contributed by atoms with Crippen LogP contribution in [0.1, 0.15) is 43.5 Å². The summed E-state index contributed by atoms with van der Waals surface area (Å²) < 4.78 is 0. The molecule has 3 N–H and O–H groups in total. The summed E-state index contributed by atoms with van der Waals surface area (Å²) in [7, 11) is 0. The van der Waals surface area contributed by atoms with Gasteiger partial charge >= 0.3 is 0 Å². The molecule has 0 spiro atoms. The summed E-state index contributed by atoms with van der Waals surface area (Å²) in [6.45, 7) is 0.651. The van der Waals surface area contributed by atoms with Crippen molar-refractivity contribution in [3.8, 4) is 0 Å². The SMILES string of the molecule is NCCc1nnc(NC2CCCCCC2)s1. The van der Waals surface area contributed by atoms with Gasteiger partial charge in [0.2, 0.25) is 5.13 Å². The molecule has 2 rings (SSSR count). The number of nitrogens with two attached hydrogens (primary N) is 1. The van der Waals surface area contributed by atoms with Gasteiger partial charge in [-0.2, -0.15) is 0 Å². The molecule has 16 heavy (non-hydrogen) atoms. The van der Waals surface area contributed by atoms with Crippen molar-refractivity contribution < 1.29 is 0 Å². The number of aromatic nitrogens is 2. The van der Waals surface area contributed by atoms with Gasteiger partial charge in [-0.05, 0) is 19.4 Å². The Morgan fingerprint density at radius 3 is 2.62 bits per heavy atom. The predicted octanol–water partition coefficient (Wildman–Crippen LogP) is 2.17. The van der Waals surface area contributed by atoms with E-state index in [2.05, 4.69) is 15.5 Å². The maximum atomic E-state index is 5.49. The van der Waals surface area contributed by atoms with Gasteiger partial charge in [-0.3, -0.25) is 0 Å². The second kappa shape index (κ2) is 6.15. The number of anilines is 1. The number of nitrogens with one attached hydrogen (secondary N) is 1. The normalized spacial score (nSPS) is 18.3. The van der Waals surface area contributed by atoms with Gasteiger partial charge in [-0.1, -0.05) is 37.0 Å². The van der Waals surface area contributed by atoms with Crippen molar-refractivity contribution in [1.82, 2.24) is 10.2 Å². The van der Waals surface area contributed by atoms with Crippen LogP contribution >= 0.6 is 11.3 Å². The molecule has 1 heterocycles. The molecule has 1 fully saturated rings. The van der Waals surface area contributed by atoms with Gasteiger partial charge in [0.15, 0.2) is 0 Å². The van der Waals surface area contributed by atoms with Gasteiger partial charge in [0.05, 0.1) is 0 Å². The summed E-state index contributed by atoms with van der Waals surface area (Å²) in [5, 5.41) is 13.8. The summed E-state index contributed by atoms with van der Waals surface area (Å²) >= 11 is 1.64. The molecule has 0 aliphatic heterocycles. The Hall–Kier alpha value is -0.680. The number of hydrogen-bond acceptors (Lipinski definition) is 5. The molecule has 0 atom stereocenters. The van der Waals surface area contributed by atoms with E-state index in [1.54, 1.807) is 11.3 Å². The van der Waals surface area contributed by atoms with Crippen molar-refractivity contribution in [1.29, 1.82) is 0 Å². The fraction of sp³-hybridized carbons (Fsp3) is 0.818. The molecule has 0 aromatic carbocycles. The first-order valence-corrected chi connectivity index (χ1v) is 6.99. The molecular formula is C11H20N4S. The first-order chi connectivity index (χ1) is 7.88. The Bertz CT molecular complexity index is 305. The summed E-state index contributed by atoms with van der Waals surface area (Å²) in [5.74, 6) is 0. The maximum Gasteiger partial charge on any atom is 0.205 e. The molecule has 0 unspecified atom stereocenters. The van der Waals surface area contributed by atoms with E-state index in [9.17, 15) is 0 Å². The lowest BCUT2D eigenvalue weighted by Crippen LogP contribution is -2.17. The van der Waals surface area contributed by atoms with Gasteiger partial charge < -0.3 is 11.1 Å². The minimum absolute atomic E-state index is 0.598. The zero-order chi connectivity index (χ0) is 11.2. The average molecular weight is 240 g/mol. The van der Waals surface area contributed by atoms with Crippen molar-refractivity contribution in [3.05, 3.63) is 5.01 Å². The third kappa shape index (κ3) is 3.42. The molecule has 4 nitrogen and oxygen atoms in total. The molecule has 1 aliphatic carbocycles. The summed E-state index contributed by atoms with van der Waals surface area (Å²) in [6.07, 6.45) is 8.82. The number of hydrogen-bond donors (Lipinski definition) is 2. The average Bonchev–Trinajstić information content (AvgIpc) is 2.56. The quantitative estimate of drug-likeness (QED) is 0.792. The van der Waals surface area contributed by atoms with Crippen LogP contribution in [-0.4, -0.2) is 22.8 Å². The monoisotopic (exact) mass is 240 g/mol. The Balaban J connectivity index is 1.86. The molecular weight excluding hydrogens is 220 g/mol. The van der Waals surface area contributed by atoms with E-state index in [1.165, 1.54) is 38.5 Å². The second-order valence-electron chi connectivity index (χ2n) is 4.37. The largest absolute Gasteiger partial charge is 0.357 e. The van der Waals surface area contributed by atoms with E-state index in [0.717, 1.165) is 16.6 Å².